The SMILES string of the molecule is CC(=O)Oc1cc2oc(-c3cccc(F)c3)cc2cc1-c1c[se]nn1. The van der Waals surface area contributed by atoms with Crippen LogP contribution in [0.3, 0.4) is 0 Å². The molecule has 0 fully saturated rings. The Morgan fingerprint density at radius 1 is 1.24 bits per heavy atom. The van der Waals surface area contributed by atoms with E-state index in [2.05, 4.69) is 9.19 Å². The number of nitrogens with zero attached hydrogens (tertiary/aromatic N) is 2. The van der Waals surface area contributed by atoms with Crippen molar-refractivity contribution in [1.29, 1.82) is 0 Å². The van der Waals surface area contributed by atoms with E-state index in [9.17, 15) is 9.18 Å². The van der Waals surface area contributed by atoms with E-state index >= 15 is 0 Å². The summed E-state index contributed by atoms with van der Waals surface area (Å²) in [7, 11) is 0. The molecule has 5 nitrogen and oxygen atoms in total. The van der Waals surface area contributed by atoms with Crippen LogP contribution < -0.4 is 4.74 Å². The summed E-state index contributed by atoms with van der Waals surface area (Å²) in [5, 5.41) is 4.91. The Hall–Kier alpha value is -2.76. The summed E-state index contributed by atoms with van der Waals surface area (Å²) in [5.41, 5.74) is 2.53. The number of fused-ring (bicyclic) bond motifs is 1. The standard InChI is InChI=1S/C18H11FN2O3Se/c1-10(22)23-18-8-17-12(6-14(18)15-9-25-21-20-15)7-16(24-17)11-3-2-4-13(19)5-11/h2-9H,1H3. The Labute approximate surface area is 148 Å². The van der Waals surface area contributed by atoms with Crippen LogP contribution in [-0.2, 0) is 4.79 Å². The molecular formula is C18H11FN2O3Se. The third-order valence-electron chi connectivity index (χ3n) is 3.62. The molecule has 0 saturated heterocycles. The molecule has 4 aromatic rings. The number of rotatable bonds is 3. The van der Waals surface area contributed by atoms with Gasteiger partial charge < -0.3 is 0 Å². The van der Waals surface area contributed by atoms with Crippen molar-refractivity contribution in [3.05, 3.63) is 53.2 Å². The van der Waals surface area contributed by atoms with Gasteiger partial charge in [-0.05, 0) is 0 Å². The Kier molecular flexibility index (Phi) is 3.95. The number of aromatic nitrogens is 2. The average molecular weight is 401 g/mol. The zero-order chi connectivity index (χ0) is 17.4. The summed E-state index contributed by atoms with van der Waals surface area (Å²) in [4.78, 5) is 13.3. The van der Waals surface area contributed by atoms with Gasteiger partial charge in [-0.3, -0.25) is 0 Å². The van der Waals surface area contributed by atoms with E-state index in [1.165, 1.54) is 19.1 Å². The number of carbonyl (C=O) groups excluding carboxylic acids is 1. The Bertz CT molecular complexity index is 1070. The first-order valence-electron chi connectivity index (χ1n) is 7.39. The van der Waals surface area contributed by atoms with Crippen molar-refractivity contribution in [3.8, 4) is 28.3 Å². The van der Waals surface area contributed by atoms with Gasteiger partial charge in [-0.2, -0.15) is 0 Å². The number of benzene rings is 2. The zero-order valence-electron chi connectivity index (χ0n) is 13.0. The summed E-state index contributed by atoms with van der Waals surface area (Å²) >= 11 is -0.0408. The number of halogens is 1. The Morgan fingerprint density at radius 2 is 2.12 bits per heavy atom. The van der Waals surface area contributed by atoms with Gasteiger partial charge in [0.05, 0.1) is 0 Å². The molecule has 0 radical (unpaired) electrons. The van der Waals surface area contributed by atoms with Crippen molar-refractivity contribution >= 4 is 31.7 Å². The number of hydrogen-bond donors (Lipinski definition) is 0. The number of ether oxygens (including phenoxy) is 1. The topological polar surface area (TPSA) is 65.2 Å². The molecule has 4 rings (SSSR count). The number of carbonyl (C=O) groups is 1. The second kappa shape index (κ2) is 6.27. The van der Waals surface area contributed by atoms with Crippen molar-refractivity contribution in [2.24, 2.45) is 0 Å². The summed E-state index contributed by atoms with van der Waals surface area (Å²) in [6, 6.07) is 11.5. The van der Waals surface area contributed by atoms with Crippen molar-refractivity contribution in [2.45, 2.75) is 6.92 Å². The number of esters is 1. The summed E-state index contributed by atoms with van der Waals surface area (Å²) < 4.78 is 28.6. The molecule has 0 bridgehead atoms. The van der Waals surface area contributed by atoms with Crippen molar-refractivity contribution in [1.82, 2.24) is 9.19 Å². The predicted octanol–water partition coefficient (Wildman–Crippen LogP) is 3.68. The van der Waals surface area contributed by atoms with Gasteiger partial charge >= 0.3 is 148 Å². The fourth-order valence-electron chi connectivity index (χ4n) is 2.57. The molecule has 0 N–H and O–H groups in total. The van der Waals surface area contributed by atoms with Gasteiger partial charge in [0, 0.05) is 0 Å². The molecule has 0 spiro atoms. The summed E-state index contributed by atoms with van der Waals surface area (Å²) in [6.45, 7) is 1.34. The van der Waals surface area contributed by atoms with Crippen LogP contribution in [0.1, 0.15) is 6.92 Å². The molecule has 0 amide bonds. The maximum atomic E-state index is 13.5. The molecule has 0 aliphatic rings. The van der Waals surface area contributed by atoms with Crippen LogP contribution in [-0.4, -0.2) is 29.9 Å². The Morgan fingerprint density at radius 3 is 2.84 bits per heavy atom. The molecule has 0 aliphatic heterocycles. The molecule has 0 saturated carbocycles. The van der Waals surface area contributed by atoms with Gasteiger partial charge in [-0.15, -0.1) is 0 Å². The van der Waals surface area contributed by atoms with Crippen molar-refractivity contribution in [2.75, 3.05) is 0 Å². The molecule has 7 heteroatoms. The quantitative estimate of drug-likeness (QED) is 0.298. The maximum absolute atomic E-state index is 13.5. The van der Waals surface area contributed by atoms with Gasteiger partial charge in [0.15, 0.2) is 0 Å². The zero-order valence-corrected chi connectivity index (χ0v) is 14.7. The van der Waals surface area contributed by atoms with Gasteiger partial charge in [-0.1, -0.05) is 0 Å². The van der Waals surface area contributed by atoms with Gasteiger partial charge in [0.2, 0.25) is 0 Å². The van der Waals surface area contributed by atoms with Crippen molar-refractivity contribution in [3.63, 3.8) is 0 Å². The molecule has 0 unspecified atom stereocenters. The van der Waals surface area contributed by atoms with E-state index in [1.807, 2.05) is 17.1 Å². The second-order valence-corrected chi connectivity index (χ2v) is 6.67. The van der Waals surface area contributed by atoms with E-state index in [4.69, 9.17) is 9.15 Å². The molecule has 2 aromatic heterocycles. The fraction of sp³-hybridized carbons (Fsp3) is 0.0556. The van der Waals surface area contributed by atoms with Gasteiger partial charge in [0.1, 0.15) is 0 Å². The minimum atomic E-state index is -0.432. The monoisotopic (exact) mass is 402 g/mol. The van der Waals surface area contributed by atoms with E-state index in [-0.39, 0.29) is 20.5 Å². The Balaban J connectivity index is 1.88. The van der Waals surface area contributed by atoms with E-state index < -0.39 is 5.97 Å². The van der Waals surface area contributed by atoms with Crippen LogP contribution in [0.5, 0.6) is 5.75 Å². The minimum absolute atomic E-state index is 0.0408. The van der Waals surface area contributed by atoms with Crippen LogP contribution in [0, 0.1) is 5.82 Å². The molecule has 2 aromatic carbocycles. The third kappa shape index (κ3) is 3.11. The first kappa shape index (κ1) is 15.7. The van der Waals surface area contributed by atoms with Crippen LogP contribution >= 0.6 is 0 Å². The summed E-state index contributed by atoms with van der Waals surface area (Å²) in [6.07, 6.45) is 0. The van der Waals surface area contributed by atoms with E-state index in [0.717, 1.165) is 5.39 Å². The fourth-order valence-corrected chi connectivity index (χ4v) is 3.53. The summed E-state index contributed by atoms with van der Waals surface area (Å²) in [5.74, 6) is 0.131. The number of furan rings is 1. The average Bonchev–Trinajstić information content (AvgIpc) is 3.22. The molecule has 25 heavy (non-hydrogen) atoms. The van der Waals surface area contributed by atoms with Gasteiger partial charge in [-0.25, -0.2) is 0 Å². The number of hydrogen-bond acceptors (Lipinski definition) is 5. The molecule has 0 atom stereocenters. The van der Waals surface area contributed by atoms with E-state index in [0.29, 0.717) is 33.9 Å². The molecule has 0 aliphatic carbocycles. The molecule has 2 heterocycles. The normalized spacial score (nSPS) is 11.0. The third-order valence-corrected chi connectivity index (χ3v) is 4.68. The second-order valence-electron chi connectivity index (χ2n) is 5.39. The van der Waals surface area contributed by atoms with Crippen LogP contribution in [0.4, 0.5) is 4.39 Å². The van der Waals surface area contributed by atoms with Crippen LogP contribution in [0.25, 0.3) is 33.6 Å². The first-order valence-corrected chi connectivity index (χ1v) is 9.15. The van der Waals surface area contributed by atoms with Gasteiger partial charge in [0.25, 0.3) is 0 Å². The molecule has 124 valence electrons. The predicted molar refractivity (Wildman–Crippen MR) is 90.9 cm³/mol. The first-order chi connectivity index (χ1) is 12.1. The van der Waals surface area contributed by atoms with Crippen LogP contribution in [0.2, 0.25) is 0 Å². The van der Waals surface area contributed by atoms with Crippen LogP contribution in [0.15, 0.2) is 51.8 Å². The van der Waals surface area contributed by atoms with Crippen molar-refractivity contribution < 1.29 is 18.3 Å². The van der Waals surface area contributed by atoms with E-state index in [1.54, 1.807) is 18.2 Å². The molecular weight excluding hydrogens is 390 g/mol.